The van der Waals surface area contributed by atoms with Crippen LogP contribution in [-0.2, 0) is 0 Å². The average Bonchev–Trinajstić information content (AvgIpc) is 3.16. The Bertz CT molecular complexity index is 790. The third-order valence-corrected chi connectivity index (χ3v) is 4.66. The summed E-state index contributed by atoms with van der Waals surface area (Å²) in [7, 11) is 0. The van der Waals surface area contributed by atoms with Crippen LogP contribution < -0.4 is 0 Å². The Kier molecular flexibility index (Phi) is 4.31. The molecule has 3 rings (SSSR count). The molecule has 2 heterocycles. The first-order chi connectivity index (χ1) is 10.2. The third-order valence-electron chi connectivity index (χ3n) is 2.88. The lowest BCUT2D eigenvalue weighted by molar-refractivity contribution is 0.0944. The van der Waals surface area contributed by atoms with E-state index in [4.69, 9.17) is 0 Å². The molecule has 0 amide bonds. The fraction of sp³-hybridized carbons (Fsp3) is 0. The summed E-state index contributed by atoms with van der Waals surface area (Å²) in [6.45, 7) is 0. The fourth-order valence-electron chi connectivity index (χ4n) is 1.85. The van der Waals surface area contributed by atoms with Crippen molar-refractivity contribution in [3.8, 4) is 0 Å². The van der Waals surface area contributed by atoms with E-state index in [-0.39, 0.29) is 5.91 Å². The van der Waals surface area contributed by atoms with E-state index in [1.807, 2.05) is 60.0 Å². The zero-order valence-corrected chi connectivity index (χ0v) is 13.9. The molecule has 0 aliphatic rings. The Hall–Kier alpha value is -1.73. The van der Waals surface area contributed by atoms with Crippen LogP contribution in [0.4, 0.5) is 0 Å². The maximum absolute atomic E-state index is 12.4. The quantitative estimate of drug-likeness (QED) is 0.605. The number of thiophene rings is 1. The summed E-state index contributed by atoms with van der Waals surface area (Å²) in [5.74, 6) is -0.115. The highest BCUT2D eigenvalue weighted by Crippen LogP contribution is 2.15. The third kappa shape index (κ3) is 3.30. The second-order valence-electron chi connectivity index (χ2n) is 4.32. The molecule has 2 aromatic heterocycles. The van der Waals surface area contributed by atoms with Gasteiger partial charge in [-0.1, -0.05) is 18.2 Å². The van der Waals surface area contributed by atoms with E-state index in [0.29, 0.717) is 5.56 Å². The molecule has 3 aromatic rings. The predicted molar refractivity (Wildman–Crippen MR) is 94.4 cm³/mol. The fourth-order valence-corrected chi connectivity index (χ4v) is 3.09. The molecule has 0 N–H and O–H groups in total. The Balaban J connectivity index is 1.82. The lowest BCUT2D eigenvalue weighted by Crippen LogP contribution is -2.14. The summed E-state index contributed by atoms with van der Waals surface area (Å²) < 4.78 is 2.30. The van der Waals surface area contributed by atoms with Gasteiger partial charge in [0, 0.05) is 14.6 Å². The molecule has 1 aromatic carbocycles. The van der Waals surface area contributed by atoms with E-state index in [1.54, 1.807) is 17.5 Å². The summed E-state index contributed by atoms with van der Waals surface area (Å²) in [5.41, 5.74) is 1.43. The van der Waals surface area contributed by atoms with Gasteiger partial charge in [0.25, 0.3) is 5.91 Å². The molecule has 3 nitrogen and oxygen atoms in total. The highest BCUT2D eigenvalue weighted by Gasteiger charge is 2.12. The summed E-state index contributed by atoms with van der Waals surface area (Å²) in [4.78, 5) is 13.5. The molecule has 104 valence electrons. The Morgan fingerprint density at radius 1 is 1.14 bits per heavy atom. The maximum Gasteiger partial charge on any atom is 0.279 e. The Morgan fingerprint density at radius 3 is 2.76 bits per heavy atom. The first kappa shape index (κ1) is 14.2. The van der Waals surface area contributed by atoms with Gasteiger partial charge < -0.3 is 0 Å². The van der Waals surface area contributed by atoms with Crippen LogP contribution >= 0.6 is 33.9 Å². The van der Waals surface area contributed by atoms with Crippen LogP contribution in [0.3, 0.4) is 0 Å². The van der Waals surface area contributed by atoms with Gasteiger partial charge in [-0.15, -0.1) is 11.3 Å². The minimum absolute atomic E-state index is 0.115. The number of halogens is 1. The molecule has 0 radical (unpaired) electrons. The standard InChI is InChI=1S/C16H11IN2OS/c17-15-6-2-1-5-14(15)16(20)19-10-9-12(18-19)7-8-13-4-3-11-21-13/h1-11H/b8-7+. The average molecular weight is 406 g/mol. The monoisotopic (exact) mass is 406 g/mol. The molecule has 0 saturated heterocycles. The second-order valence-corrected chi connectivity index (χ2v) is 6.46. The molecule has 0 aliphatic heterocycles. The van der Waals surface area contributed by atoms with Crippen molar-refractivity contribution < 1.29 is 4.79 Å². The summed E-state index contributed by atoms with van der Waals surface area (Å²) in [6.07, 6.45) is 5.60. The Morgan fingerprint density at radius 2 is 2.00 bits per heavy atom. The van der Waals surface area contributed by atoms with Gasteiger partial charge in [-0.2, -0.15) is 5.10 Å². The number of aromatic nitrogens is 2. The van der Waals surface area contributed by atoms with Crippen LogP contribution in [0.15, 0.2) is 54.0 Å². The van der Waals surface area contributed by atoms with E-state index in [0.717, 1.165) is 14.1 Å². The molecule has 0 atom stereocenters. The lowest BCUT2D eigenvalue weighted by atomic mass is 10.2. The number of hydrogen-bond donors (Lipinski definition) is 0. The lowest BCUT2D eigenvalue weighted by Gasteiger charge is -2.02. The van der Waals surface area contributed by atoms with E-state index >= 15 is 0 Å². The van der Waals surface area contributed by atoms with Gasteiger partial charge in [0.2, 0.25) is 0 Å². The first-order valence-electron chi connectivity index (χ1n) is 6.30. The van der Waals surface area contributed by atoms with E-state index in [1.165, 1.54) is 4.68 Å². The van der Waals surface area contributed by atoms with Crippen LogP contribution in [0.5, 0.6) is 0 Å². The van der Waals surface area contributed by atoms with Crippen LogP contribution in [0.25, 0.3) is 12.2 Å². The van der Waals surface area contributed by atoms with Crippen LogP contribution in [0.2, 0.25) is 0 Å². The van der Waals surface area contributed by atoms with Gasteiger partial charge in [0.1, 0.15) is 0 Å². The number of carbonyl (C=O) groups is 1. The minimum Gasteiger partial charge on any atom is -0.267 e. The normalized spacial score (nSPS) is 11.1. The maximum atomic E-state index is 12.4. The van der Waals surface area contributed by atoms with E-state index < -0.39 is 0 Å². The molecular formula is C16H11IN2OS. The SMILES string of the molecule is O=C(c1ccccc1I)n1ccc(/C=C/c2cccs2)n1. The van der Waals surface area contributed by atoms with Crippen LogP contribution in [0, 0.1) is 3.57 Å². The Labute approximate surface area is 140 Å². The van der Waals surface area contributed by atoms with Crippen molar-refractivity contribution in [1.29, 1.82) is 0 Å². The summed E-state index contributed by atoms with van der Waals surface area (Å²) in [6, 6.07) is 13.4. The molecule has 21 heavy (non-hydrogen) atoms. The smallest absolute Gasteiger partial charge is 0.267 e. The number of hydrogen-bond acceptors (Lipinski definition) is 3. The van der Waals surface area contributed by atoms with E-state index in [9.17, 15) is 4.79 Å². The zero-order chi connectivity index (χ0) is 14.7. The van der Waals surface area contributed by atoms with Gasteiger partial charge in [-0.25, -0.2) is 4.68 Å². The molecule has 0 aliphatic carbocycles. The number of rotatable bonds is 3. The van der Waals surface area contributed by atoms with Crippen molar-refractivity contribution in [2.24, 2.45) is 0 Å². The molecule has 0 fully saturated rings. The highest BCUT2D eigenvalue weighted by atomic mass is 127. The van der Waals surface area contributed by atoms with Crippen LogP contribution in [0.1, 0.15) is 20.9 Å². The molecule has 5 heteroatoms. The van der Waals surface area contributed by atoms with Crippen molar-refractivity contribution in [1.82, 2.24) is 9.78 Å². The highest BCUT2D eigenvalue weighted by molar-refractivity contribution is 14.1. The molecule has 0 bridgehead atoms. The van der Waals surface area contributed by atoms with Crippen molar-refractivity contribution >= 4 is 52.0 Å². The number of nitrogens with zero attached hydrogens (tertiary/aromatic N) is 2. The van der Waals surface area contributed by atoms with Crippen molar-refractivity contribution in [3.05, 3.63) is 73.7 Å². The van der Waals surface area contributed by atoms with Gasteiger partial charge in [0.15, 0.2) is 0 Å². The van der Waals surface area contributed by atoms with Crippen molar-refractivity contribution in [2.75, 3.05) is 0 Å². The molecule has 0 unspecified atom stereocenters. The van der Waals surface area contributed by atoms with E-state index in [2.05, 4.69) is 27.7 Å². The summed E-state index contributed by atoms with van der Waals surface area (Å²) in [5, 5.41) is 6.34. The van der Waals surface area contributed by atoms with Gasteiger partial charge >= 0.3 is 0 Å². The largest absolute Gasteiger partial charge is 0.279 e. The number of carbonyl (C=O) groups excluding carboxylic acids is 1. The minimum atomic E-state index is -0.115. The molecular weight excluding hydrogens is 395 g/mol. The first-order valence-corrected chi connectivity index (χ1v) is 8.26. The zero-order valence-electron chi connectivity index (χ0n) is 10.9. The number of benzene rings is 1. The van der Waals surface area contributed by atoms with Crippen molar-refractivity contribution in [3.63, 3.8) is 0 Å². The topological polar surface area (TPSA) is 34.9 Å². The second kappa shape index (κ2) is 6.36. The molecule has 0 saturated carbocycles. The van der Waals surface area contributed by atoms with Gasteiger partial charge in [0.05, 0.1) is 11.3 Å². The van der Waals surface area contributed by atoms with Gasteiger partial charge in [-0.05, 0) is 64.4 Å². The van der Waals surface area contributed by atoms with Gasteiger partial charge in [-0.3, -0.25) is 4.79 Å². The van der Waals surface area contributed by atoms with Crippen LogP contribution in [-0.4, -0.2) is 15.7 Å². The molecule has 0 spiro atoms. The van der Waals surface area contributed by atoms with Crippen molar-refractivity contribution in [2.45, 2.75) is 0 Å². The predicted octanol–water partition coefficient (Wildman–Crippen LogP) is 4.41. The summed E-state index contributed by atoms with van der Waals surface area (Å²) >= 11 is 3.82.